The highest BCUT2D eigenvalue weighted by atomic mass is 16.3. The standard InChI is InChI=1S/C67H70BN3O/c1-41-35-55-59-56(36-41)71(52-31-27-44(64(5,6)7)37-48(52)42-21-17-15-18-22-42)54-39-49-53(70(46-23-19-16-20-24-46)61-58(49)66(11,12)33-34-67(61,13)14)40-51(54)68(59)62-60(50-38-45(65(8,9)10)28-32-57(50)72-62)69(55)47-29-25-43(26-30-47)63(2,3)4/h15-32,35-40H,33-34H2,1-14H3. The number of hydrogen-bond acceptors (Lipinski definition) is 3. The summed E-state index contributed by atoms with van der Waals surface area (Å²) in [6, 6.07) is 55.8. The molecule has 12 rings (SSSR count). The summed E-state index contributed by atoms with van der Waals surface area (Å²) >= 11 is 0. The molecule has 4 heterocycles. The van der Waals surface area contributed by atoms with Crippen LogP contribution in [0.5, 0.6) is 0 Å². The van der Waals surface area contributed by atoms with Crippen molar-refractivity contribution >= 4 is 79.3 Å². The molecular formula is C67H70BN3O. The van der Waals surface area contributed by atoms with Gasteiger partial charge < -0.3 is 18.8 Å². The molecule has 0 spiro atoms. The van der Waals surface area contributed by atoms with Crippen LogP contribution >= 0.6 is 0 Å². The molecule has 1 aliphatic carbocycles. The third-order valence-electron chi connectivity index (χ3n) is 16.6. The van der Waals surface area contributed by atoms with Gasteiger partial charge in [0.25, 0.3) is 6.71 Å². The van der Waals surface area contributed by atoms with Crippen LogP contribution < -0.4 is 26.4 Å². The lowest BCUT2D eigenvalue weighted by molar-refractivity contribution is 0.324. The fourth-order valence-electron chi connectivity index (χ4n) is 12.6. The number of aromatic nitrogens is 1. The second-order valence-electron chi connectivity index (χ2n) is 25.8. The van der Waals surface area contributed by atoms with Gasteiger partial charge in [0, 0.05) is 55.9 Å². The van der Waals surface area contributed by atoms with Gasteiger partial charge >= 0.3 is 0 Å². The summed E-state index contributed by atoms with van der Waals surface area (Å²) < 4.78 is 10.2. The number of nitrogens with zero attached hydrogens (tertiary/aromatic N) is 3. The molecular weight excluding hydrogens is 874 g/mol. The molecule has 5 heteroatoms. The molecule has 0 saturated carbocycles. The highest BCUT2D eigenvalue weighted by molar-refractivity contribution is 7.00. The van der Waals surface area contributed by atoms with E-state index in [1.165, 1.54) is 94.9 Å². The zero-order chi connectivity index (χ0) is 50.6. The van der Waals surface area contributed by atoms with Crippen LogP contribution in [0.2, 0.25) is 0 Å². The second kappa shape index (κ2) is 15.6. The molecule has 0 saturated heterocycles. The van der Waals surface area contributed by atoms with E-state index < -0.39 is 0 Å². The Hall–Kier alpha value is -6.72. The van der Waals surface area contributed by atoms with E-state index in [4.69, 9.17) is 4.42 Å². The van der Waals surface area contributed by atoms with Crippen molar-refractivity contribution in [1.82, 2.24) is 4.57 Å². The first-order valence-electron chi connectivity index (χ1n) is 26.4. The molecule has 0 bridgehead atoms. The summed E-state index contributed by atoms with van der Waals surface area (Å²) in [6.07, 6.45) is 2.23. The maximum atomic E-state index is 7.52. The number of benzene rings is 7. The maximum Gasteiger partial charge on any atom is 0.297 e. The van der Waals surface area contributed by atoms with E-state index in [-0.39, 0.29) is 33.8 Å². The SMILES string of the molecule is Cc1cc2c3c(c1)N(c1ccc(C(C)(C)C)cc1)c1c(oc4ccc(C(C)(C)C)cc14)B3c1cc3c(cc1N2c1ccc(C(C)(C)C)cc1-c1ccccc1)c1c(n3-c2ccccc2)C(C)(C)CCC1(C)C. The van der Waals surface area contributed by atoms with E-state index in [1.54, 1.807) is 0 Å². The molecule has 4 nitrogen and oxygen atoms in total. The normalized spacial score (nSPS) is 15.9. The van der Waals surface area contributed by atoms with E-state index in [2.05, 4.69) is 257 Å². The molecule has 2 aliphatic heterocycles. The Morgan fingerprint density at radius 3 is 1.75 bits per heavy atom. The molecule has 0 N–H and O–H groups in total. The van der Waals surface area contributed by atoms with Crippen molar-refractivity contribution in [3.63, 3.8) is 0 Å². The average molecular weight is 944 g/mol. The van der Waals surface area contributed by atoms with Gasteiger partial charge in [-0.3, -0.25) is 0 Å². The van der Waals surface area contributed by atoms with Crippen LogP contribution in [0.15, 0.2) is 150 Å². The summed E-state index contributed by atoms with van der Waals surface area (Å²) in [5, 5.41) is 2.47. The minimum Gasteiger partial charge on any atom is -0.468 e. The monoisotopic (exact) mass is 944 g/mol. The van der Waals surface area contributed by atoms with Crippen LogP contribution in [0.4, 0.5) is 34.1 Å². The van der Waals surface area contributed by atoms with Crippen LogP contribution in [-0.4, -0.2) is 11.3 Å². The second-order valence-corrected chi connectivity index (χ2v) is 25.8. The van der Waals surface area contributed by atoms with E-state index >= 15 is 0 Å². The van der Waals surface area contributed by atoms with Gasteiger partial charge in [-0.05, 0) is 159 Å². The fourth-order valence-corrected chi connectivity index (χ4v) is 12.6. The molecule has 2 aromatic heterocycles. The van der Waals surface area contributed by atoms with Gasteiger partial charge in [0.2, 0.25) is 0 Å². The number of furan rings is 1. The van der Waals surface area contributed by atoms with Gasteiger partial charge in [0.15, 0.2) is 0 Å². The molecule has 0 radical (unpaired) electrons. The zero-order valence-electron chi connectivity index (χ0n) is 45.1. The number of fused-ring (bicyclic) bond motifs is 9. The molecule has 0 unspecified atom stereocenters. The van der Waals surface area contributed by atoms with Gasteiger partial charge in [-0.1, -0.05) is 163 Å². The topological polar surface area (TPSA) is 24.6 Å². The molecule has 0 atom stereocenters. The van der Waals surface area contributed by atoms with Crippen molar-refractivity contribution < 1.29 is 4.42 Å². The predicted octanol–water partition coefficient (Wildman–Crippen LogP) is 16.7. The summed E-state index contributed by atoms with van der Waals surface area (Å²) in [5.74, 6) is 0. The summed E-state index contributed by atoms with van der Waals surface area (Å²) in [4.78, 5) is 5.19. The number of aryl methyl sites for hydroxylation is 1. The quantitative estimate of drug-likeness (QED) is 0.164. The minimum absolute atomic E-state index is 0.0126. The van der Waals surface area contributed by atoms with Gasteiger partial charge in [0.05, 0.1) is 22.6 Å². The Morgan fingerprint density at radius 1 is 0.514 bits per heavy atom. The molecule has 0 fully saturated rings. The van der Waals surface area contributed by atoms with Gasteiger partial charge in [-0.25, -0.2) is 0 Å². The first-order valence-corrected chi connectivity index (χ1v) is 26.4. The van der Waals surface area contributed by atoms with Gasteiger partial charge in [0.1, 0.15) is 5.58 Å². The van der Waals surface area contributed by atoms with Crippen molar-refractivity contribution in [2.24, 2.45) is 0 Å². The summed E-state index contributed by atoms with van der Waals surface area (Å²) in [6.45, 7) is 32.8. The van der Waals surface area contributed by atoms with Gasteiger partial charge in [-0.15, -0.1) is 0 Å². The predicted molar refractivity (Wildman–Crippen MR) is 309 cm³/mol. The van der Waals surface area contributed by atoms with Crippen molar-refractivity contribution in [2.75, 3.05) is 9.80 Å². The highest BCUT2D eigenvalue weighted by Crippen LogP contribution is 2.54. The summed E-state index contributed by atoms with van der Waals surface area (Å²) in [5.41, 5.74) is 24.1. The first kappa shape index (κ1) is 46.4. The third kappa shape index (κ3) is 7.07. The number of anilines is 6. The Bertz CT molecular complexity index is 3640. The lowest BCUT2D eigenvalue weighted by atomic mass is 9.35. The Labute approximate surface area is 428 Å². The molecule has 0 amide bonds. The van der Waals surface area contributed by atoms with E-state index in [0.29, 0.717) is 0 Å². The van der Waals surface area contributed by atoms with E-state index in [1.807, 2.05) is 0 Å². The third-order valence-corrected chi connectivity index (χ3v) is 16.6. The Morgan fingerprint density at radius 2 is 1.10 bits per heavy atom. The fraction of sp³-hybridized carbons (Fsp3) is 0.313. The zero-order valence-corrected chi connectivity index (χ0v) is 45.1. The number of hydrogen-bond donors (Lipinski definition) is 0. The van der Waals surface area contributed by atoms with E-state index in [9.17, 15) is 0 Å². The van der Waals surface area contributed by atoms with Crippen molar-refractivity contribution in [3.05, 3.63) is 179 Å². The van der Waals surface area contributed by atoms with Crippen LogP contribution in [0.25, 0.3) is 38.7 Å². The lowest BCUT2D eigenvalue weighted by Crippen LogP contribution is -2.61. The first-order chi connectivity index (χ1) is 34.0. The number of rotatable bonds is 4. The Kier molecular flexibility index (Phi) is 10.1. The van der Waals surface area contributed by atoms with Crippen LogP contribution in [0.1, 0.15) is 136 Å². The molecule has 3 aliphatic rings. The lowest BCUT2D eigenvalue weighted by Gasteiger charge is -2.43. The van der Waals surface area contributed by atoms with Crippen LogP contribution in [-0.2, 0) is 27.1 Å². The molecule has 72 heavy (non-hydrogen) atoms. The Balaban J connectivity index is 1.26. The van der Waals surface area contributed by atoms with Gasteiger partial charge in [-0.2, -0.15) is 0 Å². The van der Waals surface area contributed by atoms with E-state index in [0.717, 1.165) is 40.8 Å². The van der Waals surface area contributed by atoms with Crippen molar-refractivity contribution in [2.45, 2.75) is 137 Å². The number of para-hydroxylation sites is 1. The minimum atomic E-state index is -0.206. The molecule has 362 valence electrons. The summed E-state index contributed by atoms with van der Waals surface area (Å²) in [7, 11) is 0. The smallest absolute Gasteiger partial charge is 0.297 e. The average Bonchev–Trinajstić information content (AvgIpc) is 3.89. The molecule has 7 aromatic carbocycles. The van der Waals surface area contributed by atoms with Crippen molar-refractivity contribution in [1.29, 1.82) is 0 Å². The highest BCUT2D eigenvalue weighted by Gasteiger charge is 2.49. The largest absolute Gasteiger partial charge is 0.468 e. The molecule has 9 aromatic rings. The van der Waals surface area contributed by atoms with Crippen LogP contribution in [0.3, 0.4) is 0 Å². The maximum absolute atomic E-state index is 7.52. The van der Waals surface area contributed by atoms with Crippen LogP contribution in [0, 0.1) is 6.92 Å². The van der Waals surface area contributed by atoms with Crippen molar-refractivity contribution in [3.8, 4) is 16.8 Å².